The van der Waals surface area contributed by atoms with Crippen molar-refractivity contribution < 1.29 is 14.7 Å². The Kier molecular flexibility index (Phi) is 7.01. The first-order valence-electron chi connectivity index (χ1n) is 14.6. The average molecular weight is 521 g/mol. The molecule has 3 unspecified atom stereocenters. The number of hydrogen-bond acceptors (Lipinski definition) is 6. The highest BCUT2D eigenvalue weighted by molar-refractivity contribution is 6.41. The van der Waals surface area contributed by atoms with Crippen LogP contribution in [0.15, 0.2) is 34.2 Å². The van der Waals surface area contributed by atoms with Crippen molar-refractivity contribution in [1.29, 1.82) is 0 Å². The van der Waals surface area contributed by atoms with Gasteiger partial charge >= 0.3 is 5.97 Å². The second-order valence-corrected chi connectivity index (χ2v) is 12.4. The predicted molar refractivity (Wildman–Crippen MR) is 146 cm³/mol. The Morgan fingerprint density at radius 1 is 0.947 bits per heavy atom. The highest BCUT2D eigenvalue weighted by atomic mass is 16.6. The number of rotatable bonds is 6. The number of carboxylic acids is 1. The van der Waals surface area contributed by atoms with E-state index in [0.717, 1.165) is 30.2 Å². The van der Waals surface area contributed by atoms with Gasteiger partial charge in [0.2, 0.25) is 5.71 Å². The molecule has 6 rings (SSSR count). The first kappa shape index (κ1) is 25.5. The van der Waals surface area contributed by atoms with E-state index in [2.05, 4.69) is 15.0 Å². The van der Waals surface area contributed by atoms with E-state index in [1.54, 1.807) is 13.8 Å². The van der Waals surface area contributed by atoms with Gasteiger partial charge in [-0.05, 0) is 82.8 Å². The summed E-state index contributed by atoms with van der Waals surface area (Å²) in [6.45, 7) is 3.53. The standard InChI is InChI=1S/C30H40N4O4/c1-18(2)38-32-28(30(36)37)27-29(35)34(26-10-6-5-9-25(26)31-27)24-16-21-11-12-22(17-24)33(21)23-14-19-7-3-4-8-20(13-19)15-23/h5-6,9-10,18-24H,3-4,7-8,11-17H2,1-2H3,(H,36,37)/b32-28-/t19?,20?,21-,22+,23?,24?. The van der Waals surface area contributed by atoms with Gasteiger partial charge in [0.05, 0.1) is 11.0 Å². The van der Waals surface area contributed by atoms with E-state index in [1.165, 1.54) is 57.8 Å². The number of benzene rings is 1. The topological polar surface area (TPSA) is 97.0 Å². The fourth-order valence-corrected chi connectivity index (χ4v) is 8.11. The maximum Gasteiger partial charge on any atom is 0.360 e. The van der Waals surface area contributed by atoms with Crippen molar-refractivity contribution in [2.45, 2.75) is 115 Å². The fraction of sp³-hybridized carbons (Fsp3) is 0.667. The van der Waals surface area contributed by atoms with Crippen LogP contribution in [0.1, 0.15) is 96.2 Å². The molecule has 8 heteroatoms. The lowest BCUT2D eigenvalue weighted by Crippen LogP contribution is -2.52. The number of fused-ring (bicyclic) bond motifs is 5. The number of carbonyl (C=O) groups is 1. The third kappa shape index (κ3) is 4.76. The van der Waals surface area contributed by atoms with Crippen LogP contribution in [-0.2, 0) is 9.63 Å². The Bertz CT molecular complexity index is 1260. The zero-order valence-corrected chi connectivity index (χ0v) is 22.6. The van der Waals surface area contributed by atoms with Gasteiger partial charge in [0, 0.05) is 24.2 Å². The van der Waals surface area contributed by atoms with Gasteiger partial charge in [-0.1, -0.05) is 43.0 Å². The number of oxime groups is 1. The van der Waals surface area contributed by atoms with Crippen molar-refractivity contribution in [2.24, 2.45) is 17.0 Å². The number of para-hydroxylation sites is 2. The molecular weight excluding hydrogens is 480 g/mol. The van der Waals surface area contributed by atoms with Gasteiger partial charge in [0.25, 0.3) is 5.56 Å². The van der Waals surface area contributed by atoms with Crippen LogP contribution in [0.25, 0.3) is 11.0 Å². The molecule has 2 aliphatic heterocycles. The van der Waals surface area contributed by atoms with Crippen LogP contribution >= 0.6 is 0 Å². The highest BCUT2D eigenvalue weighted by Gasteiger charge is 2.47. The van der Waals surface area contributed by atoms with Gasteiger partial charge in [0.15, 0.2) is 5.69 Å². The average Bonchev–Trinajstić information content (AvgIpc) is 3.04. The Morgan fingerprint density at radius 3 is 2.24 bits per heavy atom. The molecule has 0 spiro atoms. The lowest BCUT2D eigenvalue weighted by Gasteiger charge is -2.48. The van der Waals surface area contributed by atoms with Crippen molar-refractivity contribution in [3.8, 4) is 0 Å². The molecule has 4 aliphatic rings. The SMILES string of the molecule is CC(C)O/N=C(\C(=O)O)c1nc2ccccc2n(C2C[C@H]3CC[C@@H](C2)N3C2CC3CCCCC(C3)C2)c1=O. The molecule has 0 radical (unpaired) electrons. The van der Waals surface area contributed by atoms with Gasteiger partial charge in [-0.3, -0.25) is 9.69 Å². The van der Waals surface area contributed by atoms with Gasteiger partial charge in [0.1, 0.15) is 6.10 Å². The molecule has 2 aliphatic carbocycles. The second kappa shape index (κ2) is 10.4. The minimum Gasteiger partial charge on any atom is -0.476 e. The number of carboxylic acid groups (broad SMARTS) is 1. The smallest absolute Gasteiger partial charge is 0.360 e. The molecule has 2 saturated heterocycles. The Balaban J connectivity index is 1.34. The summed E-state index contributed by atoms with van der Waals surface area (Å²) in [6, 6.07) is 9.18. The van der Waals surface area contributed by atoms with Crippen LogP contribution in [-0.4, -0.2) is 55.5 Å². The van der Waals surface area contributed by atoms with Crippen LogP contribution in [0.3, 0.4) is 0 Å². The number of aliphatic carboxylic acids is 1. The van der Waals surface area contributed by atoms with Crippen LogP contribution in [0.2, 0.25) is 0 Å². The molecule has 1 aromatic heterocycles. The number of nitrogens with zero attached hydrogens (tertiary/aromatic N) is 4. The normalized spacial score (nSPS) is 31.9. The zero-order valence-electron chi connectivity index (χ0n) is 22.6. The molecule has 2 saturated carbocycles. The summed E-state index contributed by atoms with van der Waals surface area (Å²) < 4.78 is 1.83. The monoisotopic (exact) mass is 520 g/mol. The molecule has 1 aromatic carbocycles. The lowest BCUT2D eigenvalue weighted by atomic mass is 9.76. The molecule has 1 N–H and O–H groups in total. The van der Waals surface area contributed by atoms with Crippen LogP contribution in [0, 0.1) is 11.8 Å². The van der Waals surface area contributed by atoms with Gasteiger partial charge < -0.3 is 14.5 Å². The number of aromatic nitrogens is 2. The maximum absolute atomic E-state index is 13.9. The zero-order chi connectivity index (χ0) is 26.4. The minimum absolute atomic E-state index is 0.00910. The Labute approximate surface area is 224 Å². The van der Waals surface area contributed by atoms with Crippen molar-refractivity contribution >= 4 is 22.7 Å². The van der Waals surface area contributed by atoms with Crippen molar-refractivity contribution in [1.82, 2.24) is 14.5 Å². The summed E-state index contributed by atoms with van der Waals surface area (Å²) in [6.07, 6.45) is 13.6. The molecule has 0 amide bonds. The van der Waals surface area contributed by atoms with E-state index >= 15 is 0 Å². The molecule has 2 aromatic rings. The summed E-state index contributed by atoms with van der Waals surface area (Å²) in [5.74, 6) is 0.453. The number of hydrogen-bond donors (Lipinski definition) is 1. The van der Waals surface area contributed by atoms with Crippen molar-refractivity contribution in [2.75, 3.05) is 0 Å². The third-order valence-electron chi connectivity index (χ3n) is 9.48. The molecule has 3 heterocycles. The molecule has 4 fully saturated rings. The molecule has 204 valence electrons. The van der Waals surface area contributed by atoms with Crippen molar-refractivity contribution in [3.05, 3.63) is 40.3 Å². The molecule has 4 bridgehead atoms. The summed E-state index contributed by atoms with van der Waals surface area (Å²) >= 11 is 0. The van der Waals surface area contributed by atoms with E-state index in [0.29, 0.717) is 23.6 Å². The summed E-state index contributed by atoms with van der Waals surface area (Å²) in [4.78, 5) is 38.7. The predicted octanol–water partition coefficient (Wildman–Crippen LogP) is 5.14. The Hall–Kier alpha value is -2.74. The molecule has 38 heavy (non-hydrogen) atoms. The van der Waals surface area contributed by atoms with E-state index in [1.807, 2.05) is 28.8 Å². The third-order valence-corrected chi connectivity index (χ3v) is 9.48. The summed E-state index contributed by atoms with van der Waals surface area (Å²) in [7, 11) is 0. The largest absolute Gasteiger partial charge is 0.476 e. The summed E-state index contributed by atoms with van der Waals surface area (Å²) in [5, 5.41) is 13.7. The number of piperidine rings is 1. The quantitative estimate of drug-likeness (QED) is 0.419. The Morgan fingerprint density at radius 2 is 1.61 bits per heavy atom. The van der Waals surface area contributed by atoms with Gasteiger partial charge in [-0.25, -0.2) is 9.78 Å². The highest BCUT2D eigenvalue weighted by Crippen LogP contribution is 2.47. The first-order chi connectivity index (χ1) is 18.4. The fourth-order valence-electron chi connectivity index (χ4n) is 8.11. The van der Waals surface area contributed by atoms with E-state index in [4.69, 9.17) is 4.84 Å². The first-order valence-corrected chi connectivity index (χ1v) is 14.6. The van der Waals surface area contributed by atoms with Crippen LogP contribution in [0.5, 0.6) is 0 Å². The van der Waals surface area contributed by atoms with E-state index in [-0.39, 0.29) is 17.8 Å². The molecular formula is C30H40N4O4. The van der Waals surface area contributed by atoms with Crippen LogP contribution < -0.4 is 5.56 Å². The summed E-state index contributed by atoms with van der Waals surface area (Å²) in [5.41, 5.74) is 0.388. The molecule has 5 atom stereocenters. The molecule has 8 nitrogen and oxygen atoms in total. The second-order valence-electron chi connectivity index (χ2n) is 12.4. The van der Waals surface area contributed by atoms with E-state index < -0.39 is 17.2 Å². The lowest BCUT2D eigenvalue weighted by molar-refractivity contribution is -0.129. The van der Waals surface area contributed by atoms with Gasteiger partial charge in [-0.2, -0.15) is 0 Å². The minimum atomic E-state index is -1.31. The van der Waals surface area contributed by atoms with E-state index in [9.17, 15) is 14.7 Å². The van der Waals surface area contributed by atoms with Gasteiger partial charge in [-0.15, -0.1) is 0 Å². The maximum atomic E-state index is 13.9. The van der Waals surface area contributed by atoms with Crippen LogP contribution in [0.4, 0.5) is 0 Å². The van der Waals surface area contributed by atoms with Crippen molar-refractivity contribution in [3.63, 3.8) is 0 Å².